The highest BCUT2D eigenvalue weighted by Gasteiger charge is 2.45. The van der Waals surface area contributed by atoms with Crippen LogP contribution in [-0.4, -0.2) is 88.8 Å². The smallest absolute Gasteiger partial charge is 0.396 e. The number of alkyl halides is 1. The zero-order chi connectivity index (χ0) is 26.1. The fraction of sp³-hybridized carbons (Fsp3) is 0.682. The molecule has 0 bridgehead atoms. The lowest BCUT2D eigenvalue weighted by molar-refractivity contribution is -0.149. The third kappa shape index (κ3) is 6.08. The molecule has 4 amide bonds. The van der Waals surface area contributed by atoms with Crippen molar-refractivity contribution in [2.45, 2.75) is 70.4 Å². The predicted molar refractivity (Wildman–Crippen MR) is 119 cm³/mol. The van der Waals surface area contributed by atoms with Gasteiger partial charge in [0.1, 0.15) is 17.8 Å². The number of primary amides is 1. The van der Waals surface area contributed by atoms with Gasteiger partial charge in [-0.25, -0.2) is 9.18 Å². The number of rotatable bonds is 7. The third-order valence-corrected chi connectivity index (χ3v) is 6.31. The Labute approximate surface area is 201 Å². The molecule has 194 valence electrons. The number of amides is 4. The first kappa shape index (κ1) is 26.4. The summed E-state index contributed by atoms with van der Waals surface area (Å²) in [4.78, 5) is 66.4. The molecule has 3 unspecified atom stereocenters. The molecule has 2 fully saturated rings. The monoisotopic (exact) mass is 497 g/mol. The van der Waals surface area contributed by atoms with Gasteiger partial charge in [-0.05, 0) is 47.1 Å². The summed E-state index contributed by atoms with van der Waals surface area (Å²) in [5.41, 5.74) is 3.35. The molecule has 1 aromatic rings. The minimum atomic E-state index is -2.16. The number of halogens is 1. The van der Waals surface area contributed by atoms with E-state index in [-0.39, 0.29) is 43.7 Å². The Kier molecular flexibility index (Phi) is 7.68. The maximum atomic E-state index is 14.5. The minimum absolute atomic E-state index is 0.0994. The number of fused-ring (bicyclic) bond motifs is 1. The third-order valence-electron chi connectivity index (χ3n) is 6.31. The molecule has 3 atom stereocenters. The highest BCUT2D eigenvalue weighted by molar-refractivity contribution is 5.93. The number of carbonyl (C=O) groups excluding carboxylic acids is 4. The van der Waals surface area contributed by atoms with Crippen molar-refractivity contribution in [3.8, 4) is 0 Å². The molecular weight excluding hydrogens is 465 g/mol. The van der Waals surface area contributed by atoms with E-state index in [0.717, 1.165) is 13.8 Å². The molecule has 0 spiro atoms. The second-order valence-corrected chi connectivity index (χ2v) is 9.63. The van der Waals surface area contributed by atoms with Crippen molar-refractivity contribution < 1.29 is 32.4 Å². The number of hydrogen-bond acceptors (Lipinski definition) is 8. The number of aryl methyl sites for hydroxylation is 1. The fourth-order valence-electron chi connectivity index (χ4n) is 4.63. The molecule has 35 heavy (non-hydrogen) atoms. The summed E-state index contributed by atoms with van der Waals surface area (Å²) in [6.07, 6.45) is 1.27. The first-order chi connectivity index (χ1) is 16.3. The second-order valence-electron chi connectivity index (χ2n) is 9.63. The van der Waals surface area contributed by atoms with Gasteiger partial charge in [0.2, 0.25) is 17.7 Å². The topological polar surface area (TPSA) is 159 Å². The Hall–Kier alpha value is -3.22. The molecule has 3 heterocycles. The zero-order valence-electron chi connectivity index (χ0n) is 20.3. The average Bonchev–Trinajstić information content (AvgIpc) is 3.29. The van der Waals surface area contributed by atoms with Crippen LogP contribution in [0.25, 0.3) is 0 Å². The lowest BCUT2D eigenvalue weighted by Crippen LogP contribution is -2.62. The Morgan fingerprint density at radius 1 is 1.20 bits per heavy atom. The lowest BCUT2D eigenvalue weighted by atomic mass is 10.0. The Bertz CT molecular complexity index is 1050. The van der Waals surface area contributed by atoms with Crippen LogP contribution in [0.3, 0.4) is 0 Å². The van der Waals surface area contributed by atoms with Crippen LogP contribution in [0, 0.1) is 6.92 Å². The summed E-state index contributed by atoms with van der Waals surface area (Å²) in [5, 5.41) is 2.63. The van der Waals surface area contributed by atoms with Crippen molar-refractivity contribution in [2.75, 3.05) is 26.7 Å². The fourth-order valence-corrected chi connectivity index (χ4v) is 4.63. The molecule has 12 nitrogen and oxygen atoms in total. The maximum Gasteiger partial charge on any atom is 0.519 e. The minimum Gasteiger partial charge on any atom is -0.396 e. The summed E-state index contributed by atoms with van der Waals surface area (Å²) < 4.78 is 24.2. The number of nitrogens with two attached hydrogens (primary N) is 1. The Morgan fingerprint density at radius 3 is 2.46 bits per heavy atom. The first-order valence-corrected chi connectivity index (χ1v) is 11.4. The van der Waals surface area contributed by atoms with Gasteiger partial charge in [0, 0.05) is 12.6 Å². The summed E-state index contributed by atoms with van der Waals surface area (Å²) in [5.74, 6) is -2.81. The SMILES string of the molecule is Cc1oc(=O)oc1CN(C)CC(=O)NC1CN(C(=O)C(C)(C)F)CCC2CCC(C(N)=O)N2C1=O. The molecule has 0 saturated carbocycles. The highest BCUT2D eigenvalue weighted by atomic mass is 19.1. The molecular formula is C22H32FN5O7. The zero-order valence-corrected chi connectivity index (χ0v) is 20.3. The van der Waals surface area contributed by atoms with E-state index in [4.69, 9.17) is 14.6 Å². The van der Waals surface area contributed by atoms with Crippen molar-refractivity contribution in [3.63, 3.8) is 0 Å². The molecule has 0 aliphatic carbocycles. The van der Waals surface area contributed by atoms with Crippen LogP contribution in [0.1, 0.15) is 44.6 Å². The van der Waals surface area contributed by atoms with Gasteiger partial charge in [-0.15, -0.1) is 0 Å². The van der Waals surface area contributed by atoms with Crippen LogP contribution < -0.4 is 16.9 Å². The van der Waals surface area contributed by atoms with E-state index in [1.165, 1.54) is 9.80 Å². The van der Waals surface area contributed by atoms with Gasteiger partial charge >= 0.3 is 5.82 Å². The van der Waals surface area contributed by atoms with Crippen molar-refractivity contribution in [2.24, 2.45) is 5.73 Å². The number of carbonyl (C=O) groups is 4. The number of likely N-dealkylation sites (N-methyl/N-ethyl adjacent to an activating group) is 1. The molecule has 13 heteroatoms. The van der Waals surface area contributed by atoms with Gasteiger partial charge in [-0.1, -0.05) is 0 Å². The van der Waals surface area contributed by atoms with E-state index >= 15 is 0 Å². The van der Waals surface area contributed by atoms with Gasteiger partial charge in [-0.3, -0.25) is 24.1 Å². The van der Waals surface area contributed by atoms with E-state index in [2.05, 4.69) is 5.32 Å². The summed E-state index contributed by atoms with van der Waals surface area (Å²) in [6.45, 7) is 3.67. The molecule has 3 rings (SSSR count). The van der Waals surface area contributed by atoms with Crippen molar-refractivity contribution >= 4 is 23.6 Å². The van der Waals surface area contributed by atoms with Crippen molar-refractivity contribution in [1.82, 2.24) is 20.0 Å². The Balaban J connectivity index is 1.77. The van der Waals surface area contributed by atoms with Gasteiger partial charge in [0.05, 0.1) is 19.6 Å². The first-order valence-electron chi connectivity index (χ1n) is 11.4. The quantitative estimate of drug-likeness (QED) is 0.499. The molecule has 2 saturated heterocycles. The van der Waals surface area contributed by atoms with E-state index in [0.29, 0.717) is 19.3 Å². The molecule has 2 aliphatic heterocycles. The largest absolute Gasteiger partial charge is 0.519 e. The average molecular weight is 498 g/mol. The molecule has 1 aromatic heterocycles. The summed E-state index contributed by atoms with van der Waals surface area (Å²) in [7, 11) is 1.60. The van der Waals surface area contributed by atoms with Crippen LogP contribution in [0.15, 0.2) is 13.6 Å². The van der Waals surface area contributed by atoms with E-state index in [1.54, 1.807) is 18.9 Å². The van der Waals surface area contributed by atoms with E-state index in [9.17, 15) is 28.4 Å². The maximum absolute atomic E-state index is 14.5. The van der Waals surface area contributed by atoms with E-state index < -0.39 is 47.2 Å². The molecule has 3 N–H and O–H groups in total. The van der Waals surface area contributed by atoms with Gasteiger partial charge in [0.15, 0.2) is 11.4 Å². The number of hydrogen-bond donors (Lipinski definition) is 2. The highest BCUT2D eigenvalue weighted by Crippen LogP contribution is 2.29. The molecule has 0 radical (unpaired) electrons. The number of nitrogens with one attached hydrogen (secondary N) is 1. The molecule has 0 aromatic carbocycles. The van der Waals surface area contributed by atoms with Crippen LogP contribution in [0.2, 0.25) is 0 Å². The molecule has 2 aliphatic rings. The van der Waals surface area contributed by atoms with Crippen LogP contribution in [0.5, 0.6) is 0 Å². The van der Waals surface area contributed by atoms with Crippen LogP contribution >= 0.6 is 0 Å². The predicted octanol–water partition coefficient (Wildman–Crippen LogP) is -0.717. The number of nitrogens with zero attached hydrogens (tertiary/aromatic N) is 3. The normalized spacial score (nSPS) is 23.1. The second kappa shape index (κ2) is 10.2. The Morgan fingerprint density at radius 2 is 1.89 bits per heavy atom. The van der Waals surface area contributed by atoms with Gasteiger partial charge in [-0.2, -0.15) is 0 Å². The summed E-state index contributed by atoms with van der Waals surface area (Å²) in [6, 6.07) is -2.35. The van der Waals surface area contributed by atoms with E-state index in [1.807, 2.05) is 0 Å². The summed E-state index contributed by atoms with van der Waals surface area (Å²) >= 11 is 0. The van der Waals surface area contributed by atoms with Crippen LogP contribution in [-0.2, 0) is 25.7 Å². The standard InChI is InChI=1S/C22H32FN5O7/c1-12-16(35-21(33)34-12)10-26(4)11-17(29)25-14-9-27(20(32)22(2,3)23)8-7-13-5-6-15(18(24)30)28(13)19(14)31/h13-15H,5-11H2,1-4H3,(H2,24,30)(H,25,29). The lowest BCUT2D eigenvalue weighted by Gasteiger charge is -2.39. The van der Waals surface area contributed by atoms with Crippen molar-refractivity contribution in [3.05, 3.63) is 22.1 Å². The van der Waals surface area contributed by atoms with Crippen molar-refractivity contribution in [1.29, 1.82) is 0 Å². The van der Waals surface area contributed by atoms with Gasteiger partial charge < -0.3 is 29.7 Å². The van der Waals surface area contributed by atoms with Crippen LogP contribution in [0.4, 0.5) is 4.39 Å². The van der Waals surface area contributed by atoms with Gasteiger partial charge in [0.25, 0.3) is 5.91 Å².